The Hall–Kier alpha value is -1.33. The smallest absolute Gasteiger partial charge is 0.123 e. The third-order valence-electron chi connectivity index (χ3n) is 2.85. The number of halogens is 1. The maximum Gasteiger partial charge on any atom is 0.123 e. The Kier molecular flexibility index (Phi) is 3.69. The van der Waals surface area contributed by atoms with Crippen LogP contribution in [0.1, 0.15) is 48.6 Å². The van der Waals surface area contributed by atoms with Gasteiger partial charge in [0, 0.05) is 5.41 Å². The zero-order valence-corrected chi connectivity index (χ0v) is 12.3. The lowest BCUT2D eigenvalue weighted by Crippen LogP contribution is -2.16. The van der Waals surface area contributed by atoms with Crippen LogP contribution in [0.4, 0.5) is 4.39 Å². The van der Waals surface area contributed by atoms with Gasteiger partial charge in [-0.15, -0.1) is 5.10 Å². The first-order valence-electron chi connectivity index (χ1n) is 6.07. The Morgan fingerprint density at radius 3 is 2.53 bits per heavy atom. The molecule has 0 spiro atoms. The Bertz CT molecular complexity index is 569. The number of aryl methyl sites for hydroxylation is 1. The predicted octanol–water partition coefficient (Wildman–Crippen LogP) is 3.36. The monoisotopic (exact) mass is 280 g/mol. The minimum absolute atomic E-state index is 0.203. The molecule has 2 aromatic rings. The molecule has 2 rings (SSSR count). The highest BCUT2D eigenvalue weighted by Gasteiger charge is 2.27. The average Bonchev–Trinajstić information content (AvgIpc) is 2.74. The maximum atomic E-state index is 13.4. The molecule has 1 aromatic carbocycles. The van der Waals surface area contributed by atoms with E-state index in [1.165, 1.54) is 12.1 Å². The van der Waals surface area contributed by atoms with Gasteiger partial charge in [-0.3, -0.25) is 0 Å². The highest BCUT2D eigenvalue weighted by atomic mass is 32.1. The third-order valence-corrected chi connectivity index (χ3v) is 3.63. The van der Waals surface area contributed by atoms with Crippen molar-refractivity contribution in [3.8, 4) is 0 Å². The molecule has 0 aliphatic carbocycles. The van der Waals surface area contributed by atoms with Crippen LogP contribution in [0.15, 0.2) is 18.2 Å². The summed E-state index contributed by atoms with van der Waals surface area (Å²) in [6.07, 6.45) is -0.886. The zero-order chi connectivity index (χ0) is 14.2. The van der Waals surface area contributed by atoms with Gasteiger partial charge in [-0.2, -0.15) is 0 Å². The highest BCUT2D eigenvalue weighted by molar-refractivity contribution is 7.05. The molecule has 1 unspecified atom stereocenters. The fourth-order valence-corrected chi connectivity index (χ4v) is 2.85. The van der Waals surface area contributed by atoms with Crippen LogP contribution >= 0.6 is 11.5 Å². The summed E-state index contributed by atoms with van der Waals surface area (Å²) in [4.78, 5) is 0.678. The summed E-state index contributed by atoms with van der Waals surface area (Å²) in [5, 5.41) is 14.5. The first kappa shape index (κ1) is 14.1. The van der Waals surface area contributed by atoms with Crippen molar-refractivity contribution in [2.45, 2.75) is 39.2 Å². The molecule has 0 fully saturated rings. The summed E-state index contributed by atoms with van der Waals surface area (Å²) < 4.78 is 17.3. The third kappa shape index (κ3) is 2.98. The number of rotatable bonds is 2. The van der Waals surface area contributed by atoms with E-state index >= 15 is 0 Å². The van der Waals surface area contributed by atoms with Crippen molar-refractivity contribution in [1.82, 2.24) is 9.59 Å². The SMILES string of the molecule is Cc1cc(F)cc(C(O)c2snnc2C(C)(C)C)c1. The molecule has 3 nitrogen and oxygen atoms in total. The maximum absolute atomic E-state index is 13.4. The van der Waals surface area contributed by atoms with Gasteiger partial charge in [0.25, 0.3) is 0 Å². The molecule has 1 aromatic heterocycles. The Balaban J connectivity index is 2.45. The summed E-state index contributed by atoms with van der Waals surface area (Å²) >= 11 is 1.16. The molecule has 0 amide bonds. The van der Waals surface area contributed by atoms with Crippen LogP contribution < -0.4 is 0 Å². The van der Waals surface area contributed by atoms with Crippen LogP contribution in [-0.2, 0) is 5.41 Å². The summed E-state index contributed by atoms with van der Waals surface area (Å²) in [5.74, 6) is -0.344. The minimum Gasteiger partial charge on any atom is -0.383 e. The lowest BCUT2D eigenvalue weighted by atomic mass is 9.89. The van der Waals surface area contributed by atoms with Crippen LogP contribution in [0, 0.1) is 12.7 Å². The second kappa shape index (κ2) is 4.98. The van der Waals surface area contributed by atoms with E-state index in [1.807, 2.05) is 20.8 Å². The van der Waals surface area contributed by atoms with Gasteiger partial charge in [0.2, 0.25) is 0 Å². The van der Waals surface area contributed by atoms with Gasteiger partial charge in [-0.1, -0.05) is 31.3 Å². The number of aliphatic hydroxyl groups is 1. The number of aromatic nitrogens is 2. The zero-order valence-electron chi connectivity index (χ0n) is 11.4. The van der Waals surface area contributed by atoms with E-state index in [-0.39, 0.29) is 11.2 Å². The van der Waals surface area contributed by atoms with Gasteiger partial charge in [0.05, 0.1) is 10.6 Å². The van der Waals surface area contributed by atoms with E-state index in [9.17, 15) is 9.50 Å². The predicted molar refractivity (Wildman–Crippen MR) is 73.8 cm³/mol. The summed E-state index contributed by atoms with van der Waals surface area (Å²) in [6.45, 7) is 7.83. The molecular formula is C14H17FN2OS. The van der Waals surface area contributed by atoms with Crippen molar-refractivity contribution in [3.05, 3.63) is 45.7 Å². The Morgan fingerprint density at radius 1 is 1.26 bits per heavy atom. The second-order valence-corrected chi connectivity index (χ2v) is 6.49. The molecule has 0 bridgehead atoms. The van der Waals surface area contributed by atoms with E-state index in [0.29, 0.717) is 10.4 Å². The molecule has 0 aliphatic heterocycles. The second-order valence-electron chi connectivity index (χ2n) is 5.70. The molecule has 0 radical (unpaired) electrons. The molecule has 1 atom stereocenters. The summed E-state index contributed by atoms with van der Waals surface area (Å²) in [6, 6.07) is 4.57. The fourth-order valence-electron chi connectivity index (χ4n) is 1.97. The molecular weight excluding hydrogens is 263 g/mol. The molecule has 0 saturated heterocycles. The van der Waals surface area contributed by atoms with Gasteiger partial charge < -0.3 is 5.11 Å². The van der Waals surface area contributed by atoms with E-state index in [2.05, 4.69) is 9.59 Å². The van der Waals surface area contributed by atoms with Crippen molar-refractivity contribution in [2.24, 2.45) is 0 Å². The number of nitrogens with zero attached hydrogens (tertiary/aromatic N) is 2. The Morgan fingerprint density at radius 2 is 1.95 bits per heavy atom. The van der Waals surface area contributed by atoms with Crippen LogP contribution in [0.25, 0.3) is 0 Å². The molecule has 102 valence electrons. The summed E-state index contributed by atoms with van der Waals surface area (Å²) in [5.41, 5.74) is 1.87. The minimum atomic E-state index is -0.886. The van der Waals surface area contributed by atoms with E-state index < -0.39 is 6.10 Å². The first-order valence-corrected chi connectivity index (χ1v) is 6.84. The van der Waals surface area contributed by atoms with Gasteiger partial charge in [-0.05, 0) is 41.7 Å². The normalized spacial score (nSPS) is 13.6. The number of hydrogen-bond acceptors (Lipinski definition) is 4. The van der Waals surface area contributed by atoms with Crippen molar-refractivity contribution in [1.29, 1.82) is 0 Å². The van der Waals surface area contributed by atoms with Crippen LogP contribution in [0.3, 0.4) is 0 Å². The molecule has 19 heavy (non-hydrogen) atoms. The number of hydrogen-bond donors (Lipinski definition) is 1. The summed E-state index contributed by atoms with van der Waals surface area (Å²) in [7, 11) is 0. The van der Waals surface area contributed by atoms with Crippen LogP contribution in [0.2, 0.25) is 0 Å². The van der Waals surface area contributed by atoms with Crippen molar-refractivity contribution in [2.75, 3.05) is 0 Å². The number of aliphatic hydroxyl groups excluding tert-OH is 1. The van der Waals surface area contributed by atoms with Gasteiger partial charge in [0.15, 0.2) is 0 Å². The van der Waals surface area contributed by atoms with Gasteiger partial charge in [0.1, 0.15) is 11.9 Å². The van der Waals surface area contributed by atoms with Crippen molar-refractivity contribution in [3.63, 3.8) is 0 Å². The average molecular weight is 280 g/mol. The van der Waals surface area contributed by atoms with E-state index in [1.54, 1.807) is 13.0 Å². The van der Waals surface area contributed by atoms with E-state index in [0.717, 1.165) is 22.8 Å². The van der Waals surface area contributed by atoms with Crippen molar-refractivity contribution < 1.29 is 9.50 Å². The van der Waals surface area contributed by atoms with Gasteiger partial charge in [-0.25, -0.2) is 4.39 Å². The molecule has 0 aliphatic rings. The quantitative estimate of drug-likeness (QED) is 0.917. The standard InChI is InChI=1S/C14H17FN2OS/c1-8-5-9(7-10(15)6-8)11(18)12-13(14(2,3)4)16-17-19-12/h5-7,11,18H,1-4H3. The topological polar surface area (TPSA) is 46.0 Å². The van der Waals surface area contributed by atoms with E-state index in [4.69, 9.17) is 0 Å². The molecule has 5 heteroatoms. The van der Waals surface area contributed by atoms with Gasteiger partial charge >= 0.3 is 0 Å². The fraction of sp³-hybridized carbons (Fsp3) is 0.429. The molecule has 1 N–H and O–H groups in total. The first-order chi connectivity index (χ1) is 8.79. The van der Waals surface area contributed by atoms with Crippen LogP contribution in [-0.4, -0.2) is 14.7 Å². The lowest BCUT2D eigenvalue weighted by Gasteiger charge is -2.19. The van der Waals surface area contributed by atoms with Crippen molar-refractivity contribution >= 4 is 11.5 Å². The number of benzene rings is 1. The molecule has 1 heterocycles. The lowest BCUT2D eigenvalue weighted by molar-refractivity contribution is 0.220. The Labute approximate surface area is 116 Å². The highest BCUT2D eigenvalue weighted by Crippen LogP contribution is 2.33. The van der Waals surface area contributed by atoms with Crippen LogP contribution in [0.5, 0.6) is 0 Å². The molecule has 0 saturated carbocycles. The largest absolute Gasteiger partial charge is 0.383 e.